The number of rotatable bonds is 6. The average molecular weight is 271 g/mol. The lowest BCUT2D eigenvalue weighted by Gasteiger charge is -2.06. The molecule has 0 aromatic heterocycles. The van der Waals surface area contributed by atoms with Crippen molar-refractivity contribution in [1.82, 2.24) is 5.32 Å². The Morgan fingerprint density at radius 3 is 2.56 bits per heavy atom. The molecule has 96 valence electrons. The highest BCUT2D eigenvalue weighted by molar-refractivity contribution is 6.29. The summed E-state index contributed by atoms with van der Waals surface area (Å²) in [6, 6.07) is 5.44. The molecule has 0 radical (unpaired) electrons. The SMILES string of the molecule is C=C(Cl)CNC(=O)COc1ccc([N+](=O)[O-])cc1. The summed E-state index contributed by atoms with van der Waals surface area (Å²) >= 11 is 5.47. The van der Waals surface area contributed by atoms with Crippen LogP contribution in [0.3, 0.4) is 0 Å². The Balaban J connectivity index is 2.41. The van der Waals surface area contributed by atoms with E-state index in [-0.39, 0.29) is 24.7 Å². The molecule has 0 aliphatic rings. The molecule has 0 spiro atoms. The van der Waals surface area contributed by atoms with Gasteiger partial charge in [0.15, 0.2) is 6.61 Å². The van der Waals surface area contributed by atoms with Crippen LogP contribution in [0.15, 0.2) is 35.9 Å². The maximum absolute atomic E-state index is 11.3. The maximum Gasteiger partial charge on any atom is 0.269 e. The van der Waals surface area contributed by atoms with E-state index in [1.807, 2.05) is 0 Å². The molecule has 18 heavy (non-hydrogen) atoms. The summed E-state index contributed by atoms with van der Waals surface area (Å²) in [5.74, 6) is 0.0237. The molecule has 1 amide bonds. The van der Waals surface area contributed by atoms with Crippen molar-refractivity contribution >= 4 is 23.2 Å². The first kappa shape index (κ1) is 14.0. The Hall–Kier alpha value is -2.08. The van der Waals surface area contributed by atoms with Gasteiger partial charge in [0.25, 0.3) is 11.6 Å². The van der Waals surface area contributed by atoms with Crippen LogP contribution in [-0.4, -0.2) is 24.0 Å². The van der Waals surface area contributed by atoms with Crippen molar-refractivity contribution in [3.63, 3.8) is 0 Å². The number of carbonyl (C=O) groups excluding carboxylic acids is 1. The molecule has 1 aromatic carbocycles. The van der Waals surface area contributed by atoms with E-state index in [0.29, 0.717) is 10.8 Å². The predicted molar refractivity (Wildman–Crippen MR) is 66.6 cm³/mol. The number of ether oxygens (including phenoxy) is 1. The highest BCUT2D eigenvalue weighted by Gasteiger charge is 2.06. The van der Waals surface area contributed by atoms with E-state index in [1.54, 1.807) is 0 Å². The van der Waals surface area contributed by atoms with Gasteiger partial charge in [-0.1, -0.05) is 18.2 Å². The molecular weight excluding hydrogens is 260 g/mol. The Morgan fingerprint density at radius 1 is 1.44 bits per heavy atom. The van der Waals surface area contributed by atoms with Crippen molar-refractivity contribution in [2.45, 2.75) is 0 Å². The van der Waals surface area contributed by atoms with Crippen LogP contribution in [0.5, 0.6) is 5.75 Å². The lowest BCUT2D eigenvalue weighted by Crippen LogP contribution is -2.29. The van der Waals surface area contributed by atoms with E-state index in [9.17, 15) is 14.9 Å². The first-order chi connectivity index (χ1) is 8.49. The molecule has 6 nitrogen and oxygen atoms in total. The summed E-state index contributed by atoms with van der Waals surface area (Å²) in [5.41, 5.74) is -0.0368. The minimum atomic E-state index is -0.511. The third-order valence-corrected chi connectivity index (χ3v) is 2.03. The van der Waals surface area contributed by atoms with Gasteiger partial charge in [-0.05, 0) is 12.1 Å². The van der Waals surface area contributed by atoms with Crippen molar-refractivity contribution in [3.8, 4) is 5.75 Å². The highest BCUT2D eigenvalue weighted by atomic mass is 35.5. The van der Waals surface area contributed by atoms with Gasteiger partial charge in [-0.2, -0.15) is 0 Å². The molecule has 0 fully saturated rings. The van der Waals surface area contributed by atoms with Crippen LogP contribution in [0.4, 0.5) is 5.69 Å². The first-order valence-electron chi connectivity index (χ1n) is 4.96. The Morgan fingerprint density at radius 2 is 2.06 bits per heavy atom. The van der Waals surface area contributed by atoms with Gasteiger partial charge in [-0.15, -0.1) is 0 Å². The predicted octanol–water partition coefficient (Wildman–Crippen LogP) is 1.84. The Bertz CT molecular complexity index is 459. The zero-order chi connectivity index (χ0) is 13.5. The van der Waals surface area contributed by atoms with Crippen molar-refractivity contribution < 1.29 is 14.5 Å². The molecule has 0 heterocycles. The molecule has 1 aromatic rings. The van der Waals surface area contributed by atoms with Crippen LogP contribution in [0, 0.1) is 10.1 Å². The van der Waals surface area contributed by atoms with E-state index in [1.165, 1.54) is 24.3 Å². The van der Waals surface area contributed by atoms with Crippen LogP contribution in [-0.2, 0) is 4.79 Å². The first-order valence-corrected chi connectivity index (χ1v) is 5.34. The number of benzene rings is 1. The van der Waals surface area contributed by atoms with Crippen molar-refractivity contribution in [3.05, 3.63) is 46.0 Å². The summed E-state index contributed by atoms with van der Waals surface area (Å²) in [4.78, 5) is 21.1. The Kier molecular flexibility index (Phi) is 5.13. The normalized spacial score (nSPS) is 9.61. The molecular formula is C11H11ClN2O4. The number of amides is 1. The number of nitro groups is 1. The van der Waals surface area contributed by atoms with Gasteiger partial charge in [-0.25, -0.2) is 0 Å². The van der Waals surface area contributed by atoms with Crippen molar-refractivity contribution in [2.24, 2.45) is 0 Å². The lowest BCUT2D eigenvalue weighted by atomic mass is 10.3. The molecule has 0 aliphatic carbocycles. The van der Waals surface area contributed by atoms with Gasteiger partial charge in [0.05, 0.1) is 11.5 Å². The van der Waals surface area contributed by atoms with Crippen LogP contribution in [0.2, 0.25) is 0 Å². The molecule has 1 N–H and O–H groups in total. The quantitative estimate of drug-likeness (QED) is 0.632. The molecule has 0 aliphatic heterocycles. The van der Waals surface area contributed by atoms with Crippen LogP contribution < -0.4 is 10.1 Å². The molecule has 0 unspecified atom stereocenters. The van der Waals surface area contributed by atoms with Crippen molar-refractivity contribution in [1.29, 1.82) is 0 Å². The lowest BCUT2D eigenvalue weighted by molar-refractivity contribution is -0.384. The fraction of sp³-hybridized carbons (Fsp3) is 0.182. The molecule has 7 heteroatoms. The third kappa shape index (κ3) is 4.84. The van der Waals surface area contributed by atoms with Gasteiger partial charge < -0.3 is 10.1 Å². The number of halogens is 1. The topological polar surface area (TPSA) is 81.5 Å². The van der Waals surface area contributed by atoms with Crippen LogP contribution >= 0.6 is 11.6 Å². The van der Waals surface area contributed by atoms with E-state index >= 15 is 0 Å². The van der Waals surface area contributed by atoms with Gasteiger partial charge >= 0.3 is 0 Å². The molecule has 0 bridgehead atoms. The minimum absolute atomic E-state index is 0.0368. The summed E-state index contributed by atoms with van der Waals surface area (Å²) in [6.45, 7) is 3.40. The second-order valence-electron chi connectivity index (χ2n) is 3.33. The maximum atomic E-state index is 11.3. The fourth-order valence-electron chi connectivity index (χ4n) is 1.06. The average Bonchev–Trinajstić information content (AvgIpc) is 2.34. The fourth-order valence-corrected chi connectivity index (χ4v) is 1.13. The van der Waals surface area contributed by atoms with Crippen LogP contribution in [0.1, 0.15) is 0 Å². The second-order valence-corrected chi connectivity index (χ2v) is 3.87. The number of non-ortho nitro benzene ring substituents is 1. The largest absolute Gasteiger partial charge is 0.484 e. The second kappa shape index (κ2) is 6.61. The zero-order valence-electron chi connectivity index (χ0n) is 9.39. The van der Waals surface area contributed by atoms with E-state index in [2.05, 4.69) is 11.9 Å². The van der Waals surface area contributed by atoms with Crippen LogP contribution in [0.25, 0.3) is 0 Å². The number of carbonyl (C=O) groups is 1. The molecule has 0 saturated carbocycles. The minimum Gasteiger partial charge on any atom is -0.484 e. The summed E-state index contributed by atoms with van der Waals surface area (Å²) in [5, 5.41) is 13.2. The number of hydrogen-bond acceptors (Lipinski definition) is 4. The number of hydrogen-bond donors (Lipinski definition) is 1. The number of nitrogens with zero attached hydrogens (tertiary/aromatic N) is 1. The summed E-state index contributed by atoms with van der Waals surface area (Å²) in [7, 11) is 0. The number of nitrogens with one attached hydrogen (secondary N) is 1. The highest BCUT2D eigenvalue weighted by Crippen LogP contribution is 2.16. The standard InChI is InChI=1S/C11H11ClN2O4/c1-8(12)6-13-11(15)7-18-10-4-2-9(3-5-10)14(16)17/h2-5H,1,6-7H2,(H,13,15). The smallest absolute Gasteiger partial charge is 0.269 e. The monoisotopic (exact) mass is 270 g/mol. The molecule has 1 rings (SSSR count). The van der Waals surface area contributed by atoms with E-state index < -0.39 is 4.92 Å². The Labute approximate surface area is 108 Å². The van der Waals surface area contributed by atoms with Gasteiger partial charge in [0, 0.05) is 17.2 Å². The summed E-state index contributed by atoms with van der Waals surface area (Å²) < 4.78 is 5.13. The molecule has 0 atom stereocenters. The van der Waals surface area contributed by atoms with Gasteiger partial charge in [0.2, 0.25) is 0 Å². The van der Waals surface area contributed by atoms with E-state index in [0.717, 1.165) is 0 Å². The molecule has 0 saturated heterocycles. The van der Waals surface area contributed by atoms with Gasteiger partial charge in [-0.3, -0.25) is 14.9 Å². The summed E-state index contributed by atoms with van der Waals surface area (Å²) in [6.07, 6.45) is 0. The third-order valence-electron chi connectivity index (χ3n) is 1.89. The van der Waals surface area contributed by atoms with Crippen molar-refractivity contribution in [2.75, 3.05) is 13.2 Å². The zero-order valence-corrected chi connectivity index (χ0v) is 10.1. The van der Waals surface area contributed by atoms with Gasteiger partial charge in [0.1, 0.15) is 5.75 Å². The van der Waals surface area contributed by atoms with E-state index in [4.69, 9.17) is 16.3 Å². The number of nitro benzene ring substituents is 1.